The summed E-state index contributed by atoms with van der Waals surface area (Å²) in [5, 5.41) is 3.62. The van der Waals surface area contributed by atoms with Gasteiger partial charge in [-0.3, -0.25) is 0 Å². The fraction of sp³-hybridized carbons (Fsp3) is 1.00. The summed E-state index contributed by atoms with van der Waals surface area (Å²) in [4.78, 5) is 0. The molecule has 16 heavy (non-hydrogen) atoms. The number of hydrogen-bond donors (Lipinski definition) is 1. The second-order valence-corrected chi connectivity index (χ2v) is 5.74. The number of nitrogens with one attached hydrogen (secondary N) is 1. The van der Waals surface area contributed by atoms with E-state index in [1.807, 2.05) is 11.8 Å². The zero-order valence-corrected chi connectivity index (χ0v) is 12.4. The largest absolute Gasteiger partial charge is 0.314 e. The Hall–Kier alpha value is 0.310. The van der Waals surface area contributed by atoms with E-state index in [4.69, 9.17) is 0 Å². The number of thioether (sulfide) groups is 1. The Morgan fingerprint density at radius 1 is 1.00 bits per heavy atom. The third kappa shape index (κ3) is 12.4. The molecular weight excluding hydrogens is 214 g/mol. The maximum Gasteiger partial charge on any atom is 0.00387 e. The van der Waals surface area contributed by atoms with Crippen molar-refractivity contribution < 1.29 is 0 Å². The van der Waals surface area contributed by atoms with Crippen LogP contribution in [0.3, 0.4) is 0 Å². The maximum atomic E-state index is 3.62. The molecule has 2 heteroatoms. The van der Waals surface area contributed by atoms with E-state index in [0.717, 1.165) is 6.04 Å². The van der Waals surface area contributed by atoms with E-state index < -0.39 is 0 Å². The number of rotatable bonds is 12. The first kappa shape index (κ1) is 16.3. The van der Waals surface area contributed by atoms with Crippen LogP contribution in [-0.2, 0) is 0 Å². The van der Waals surface area contributed by atoms with Crippen molar-refractivity contribution in [3.63, 3.8) is 0 Å². The lowest BCUT2D eigenvalue weighted by molar-refractivity contribution is 0.475. The Morgan fingerprint density at radius 3 is 2.44 bits per heavy atom. The molecule has 0 aromatic heterocycles. The van der Waals surface area contributed by atoms with E-state index in [1.54, 1.807) is 0 Å². The highest BCUT2D eigenvalue weighted by atomic mass is 32.2. The van der Waals surface area contributed by atoms with Gasteiger partial charge in [0.1, 0.15) is 0 Å². The first-order valence-corrected chi connectivity index (χ1v) is 8.43. The average Bonchev–Trinajstić information content (AvgIpc) is 2.28. The van der Waals surface area contributed by atoms with Crippen LogP contribution >= 0.6 is 11.8 Å². The second kappa shape index (κ2) is 13.4. The van der Waals surface area contributed by atoms with E-state index in [-0.39, 0.29) is 0 Å². The van der Waals surface area contributed by atoms with E-state index in [1.165, 1.54) is 63.7 Å². The van der Waals surface area contributed by atoms with Crippen molar-refractivity contribution in [1.82, 2.24) is 5.32 Å². The van der Waals surface area contributed by atoms with Crippen molar-refractivity contribution in [2.24, 2.45) is 0 Å². The van der Waals surface area contributed by atoms with Crippen LogP contribution in [0.2, 0.25) is 0 Å². The molecule has 0 heterocycles. The van der Waals surface area contributed by atoms with E-state index in [0.29, 0.717) is 0 Å². The highest BCUT2D eigenvalue weighted by Crippen LogP contribution is 2.07. The lowest BCUT2D eigenvalue weighted by Crippen LogP contribution is -2.26. The Morgan fingerprint density at radius 2 is 1.75 bits per heavy atom. The van der Waals surface area contributed by atoms with Crippen LogP contribution in [0.25, 0.3) is 0 Å². The SMILES string of the molecule is CCCCCCCC(C)NCCCCSC. The molecule has 0 saturated carbocycles. The summed E-state index contributed by atoms with van der Waals surface area (Å²) >= 11 is 1.95. The summed E-state index contributed by atoms with van der Waals surface area (Å²) in [6.07, 6.45) is 13.2. The summed E-state index contributed by atoms with van der Waals surface area (Å²) in [6, 6.07) is 0.718. The lowest BCUT2D eigenvalue weighted by Gasteiger charge is -2.13. The molecule has 0 fully saturated rings. The third-order valence-electron chi connectivity index (χ3n) is 3.01. The molecular formula is C14H31NS. The molecule has 98 valence electrons. The van der Waals surface area contributed by atoms with Crippen LogP contribution < -0.4 is 5.32 Å². The summed E-state index contributed by atoms with van der Waals surface area (Å²) in [6.45, 7) is 5.81. The molecule has 0 bridgehead atoms. The van der Waals surface area contributed by atoms with Gasteiger partial charge in [0.2, 0.25) is 0 Å². The van der Waals surface area contributed by atoms with Crippen molar-refractivity contribution >= 4 is 11.8 Å². The molecule has 0 spiro atoms. The fourth-order valence-electron chi connectivity index (χ4n) is 1.88. The molecule has 0 aromatic carbocycles. The first-order chi connectivity index (χ1) is 7.81. The molecule has 0 aliphatic carbocycles. The highest BCUT2D eigenvalue weighted by Gasteiger charge is 2.00. The van der Waals surface area contributed by atoms with Crippen LogP contribution in [0.4, 0.5) is 0 Å². The number of unbranched alkanes of at least 4 members (excludes halogenated alkanes) is 5. The molecule has 0 aliphatic rings. The smallest absolute Gasteiger partial charge is 0.00387 e. The molecule has 1 N–H and O–H groups in total. The third-order valence-corrected chi connectivity index (χ3v) is 3.71. The molecule has 1 unspecified atom stereocenters. The van der Waals surface area contributed by atoms with Gasteiger partial charge < -0.3 is 5.32 Å². The summed E-state index contributed by atoms with van der Waals surface area (Å²) < 4.78 is 0. The monoisotopic (exact) mass is 245 g/mol. The molecule has 0 amide bonds. The van der Waals surface area contributed by atoms with Gasteiger partial charge in [0.25, 0.3) is 0 Å². The molecule has 1 atom stereocenters. The lowest BCUT2D eigenvalue weighted by atomic mass is 10.1. The van der Waals surface area contributed by atoms with E-state index in [2.05, 4.69) is 25.4 Å². The van der Waals surface area contributed by atoms with Gasteiger partial charge in [0.05, 0.1) is 0 Å². The van der Waals surface area contributed by atoms with Crippen LogP contribution in [0, 0.1) is 0 Å². The van der Waals surface area contributed by atoms with Crippen molar-refractivity contribution in [2.75, 3.05) is 18.6 Å². The van der Waals surface area contributed by atoms with Crippen LogP contribution in [0.1, 0.15) is 65.2 Å². The zero-order valence-electron chi connectivity index (χ0n) is 11.6. The molecule has 0 aliphatic heterocycles. The van der Waals surface area contributed by atoms with Crippen molar-refractivity contribution in [2.45, 2.75) is 71.3 Å². The topological polar surface area (TPSA) is 12.0 Å². The summed E-state index contributed by atoms with van der Waals surface area (Å²) in [5.41, 5.74) is 0. The predicted octanol–water partition coefficient (Wildman–Crippen LogP) is 4.47. The van der Waals surface area contributed by atoms with Gasteiger partial charge in [0.15, 0.2) is 0 Å². The van der Waals surface area contributed by atoms with Crippen LogP contribution in [-0.4, -0.2) is 24.6 Å². The van der Waals surface area contributed by atoms with Crippen molar-refractivity contribution in [3.05, 3.63) is 0 Å². The standard InChI is InChI=1S/C14H31NS/c1-4-5-6-7-8-11-14(2)15-12-9-10-13-16-3/h14-15H,4-13H2,1-3H3. The quantitative estimate of drug-likeness (QED) is 0.509. The van der Waals surface area contributed by atoms with Crippen molar-refractivity contribution in [1.29, 1.82) is 0 Å². The maximum absolute atomic E-state index is 3.62. The van der Waals surface area contributed by atoms with Gasteiger partial charge in [-0.15, -0.1) is 0 Å². The molecule has 1 nitrogen and oxygen atoms in total. The summed E-state index contributed by atoms with van der Waals surface area (Å²) in [7, 11) is 0. The Balaban J connectivity index is 3.09. The first-order valence-electron chi connectivity index (χ1n) is 7.03. The summed E-state index contributed by atoms with van der Waals surface area (Å²) in [5.74, 6) is 1.31. The van der Waals surface area contributed by atoms with Crippen molar-refractivity contribution in [3.8, 4) is 0 Å². The minimum absolute atomic E-state index is 0.718. The average molecular weight is 245 g/mol. The second-order valence-electron chi connectivity index (χ2n) is 4.76. The fourth-order valence-corrected chi connectivity index (χ4v) is 2.37. The van der Waals surface area contributed by atoms with Gasteiger partial charge in [-0.1, -0.05) is 39.0 Å². The van der Waals surface area contributed by atoms with Crippen LogP contribution in [0.5, 0.6) is 0 Å². The molecule has 0 aromatic rings. The van der Waals surface area contributed by atoms with Gasteiger partial charge >= 0.3 is 0 Å². The number of hydrogen-bond acceptors (Lipinski definition) is 2. The predicted molar refractivity (Wildman–Crippen MR) is 78.5 cm³/mol. The van der Waals surface area contributed by atoms with E-state index >= 15 is 0 Å². The Labute approximate surface area is 107 Å². The Bertz CT molecular complexity index is 114. The van der Waals surface area contributed by atoms with Gasteiger partial charge in [-0.25, -0.2) is 0 Å². The highest BCUT2D eigenvalue weighted by molar-refractivity contribution is 7.98. The Kier molecular flexibility index (Phi) is 13.6. The molecule has 0 saturated heterocycles. The minimum Gasteiger partial charge on any atom is -0.314 e. The zero-order chi connectivity index (χ0) is 12.1. The van der Waals surface area contributed by atoms with Crippen LogP contribution in [0.15, 0.2) is 0 Å². The normalized spacial score (nSPS) is 12.9. The molecule has 0 radical (unpaired) electrons. The van der Waals surface area contributed by atoms with Gasteiger partial charge in [0, 0.05) is 6.04 Å². The van der Waals surface area contributed by atoms with Gasteiger partial charge in [-0.2, -0.15) is 11.8 Å². The minimum atomic E-state index is 0.718. The van der Waals surface area contributed by atoms with E-state index in [9.17, 15) is 0 Å². The molecule has 0 rings (SSSR count). The van der Waals surface area contributed by atoms with Gasteiger partial charge in [-0.05, 0) is 44.7 Å².